The predicted octanol–water partition coefficient (Wildman–Crippen LogP) is 2.47. The highest BCUT2D eigenvalue weighted by Gasteiger charge is 2.32. The summed E-state index contributed by atoms with van der Waals surface area (Å²) >= 11 is 1.52. The van der Waals surface area contributed by atoms with Crippen molar-refractivity contribution in [2.75, 3.05) is 23.8 Å². The highest BCUT2D eigenvalue weighted by atomic mass is 32.2. The molecule has 1 aromatic rings. The van der Waals surface area contributed by atoms with E-state index in [0.29, 0.717) is 18.0 Å². The van der Waals surface area contributed by atoms with Crippen LogP contribution in [0.5, 0.6) is 0 Å². The molecule has 0 radical (unpaired) electrons. The van der Waals surface area contributed by atoms with Gasteiger partial charge in [0.1, 0.15) is 0 Å². The molecule has 0 saturated heterocycles. The van der Waals surface area contributed by atoms with Crippen molar-refractivity contribution in [3.05, 3.63) is 24.3 Å². The zero-order valence-corrected chi connectivity index (χ0v) is 13.4. The van der Waals surface area contributed by atoms with Crippen LogP contribution in [0.25, 0.3) is 0 Å². The number of benzene rings is 1. The first-order valence-corrected chi connectivity index (χ1v) is 9.48. The number of hydrogen-bond acceptors (Lipinski definition) is 4. The predicted molar refractivity (Wildman–Crippen MR) is 85.3 cm³/mol. The van der Waals surface area contributed by atoms with Gasteiger partial charge < -0.3 is 5.73 Å². The standard InChI is InChI=1S/C14H22N2O2S2/c1-14(6-3-7-14)11-16-20(17,18)9-8-19-13-5-2-4-12(15)10-13/h2,4-5,10,16H,3,6-9,11,15H2,1H3. The maximum atomic E-state index is 11.9. The Balaban J connectivity index is 1.74. The Morgan fingerprint density at radius 1 is 1.40 bits per heavy atom. The number of anilines is 1. The van der Waals surface area contributed by atoms with Crippen molar-refractivity contribution >= 4 is 27.5 Å². The van der Waals surface area contributed by atoms with Gasteiger partial charge in [0.25, 0.3) is 0 Å². The van der Waals surface area contributed by atoms with E-state index in [-0.39, 0.29) is 11.2 Å². The Morgan fingerprint density at radius 2 is 2.15 bits per heavy atom. The minimum absolute atomic E-state index is 0.141. The number of nitrogen functional groups attached to an aromatic ring is 1. The lowest BCUT2D eigenvalue weighted by Crippen LogP contribution is -2.40. The van der Waals surface area contributed by atoms with Crippen molar-refractivity contribution in [1.82, 2.24) is 4.72 Å². The smallest absolute Gasteiger partial charge is 0.212 e. The lowest BCUT2D eigenvalue weighted by molar-refractivity contribution is 0.166. The van der Waals surface area contributed by atoms with Gasteiger partial charge in [-0.25, -0.2) is 13.1 Å². The second-order valence-corrected chi connectivity index (χ2v) is 8.82. The molecule has 1 fully saturated rings. The molecule has 4 nitrogen and oxygen atoms in total. The van der Waals surface area contributed by atoms with E-state index in [9.17, 15) is 8.42 Å². The van der Waals surface area contributed by atoms with Gasteiger partial charge in [-0.15, -0.1) is 11.8 Å². The number of thioether (sulfide) groups is 1. The summed E-state index contributed by atoms with van der Waals surface area (Å²) in [7, 11) is -3.17. The first-order valence-electron chi connectivity index (χ1n) is 6.84. The molecule has 1 aliphatic carbocycles. The highest BCUT2D eigenvalue weighted by Crippen LogP contribution is 2.39. The van der Waals surface area contributed by atoms with E-state index in [2.05, 4.69) is 11.6 Å². The Bertz CT molecular complexity index is 554. The van der Waals surface area contributed by atoms with Crippen molar-refractivity contribution < 1.29 is 8.42 Å². The summed E-state index contributed by atoms with van der Waals surface area (Å²) in [5.74, 6) is 0.679. The van der Waals surface area contributed by atoms with Gasteiger partial charge in [-0.2, -0.15) is 0 Å². The summed E-state index contributed by atoms with van der Waals surface area (Å²) in [6.45, 7) is 2.71. The van der Waals surface area contributed by atoms with Crippen LogP contribution in [0, 0.1) is 5.41 Å². The SMILES string of the molecule is CC1(CNS(=O)(=O)CCSc2cccc(N)c2)CCC1. The molecule has 0 aromatic heterocycles. The van der Waals surface area contributed by atoms with E-state index in [1.54, 1.807) is 0 Å². The number of nitrogens with two attached hydrogens (primary N) is 1. The lowest BCUT2D eigenvalue weighted by Gasteiger charge is -2.38. The van der Waals surface area contributed by atoms with Crippen molar-refractivity contribution in [3.63, 3.8) is 0 Å². The first kappa shape index (κ1) is 15.7. The molecule has 0 atom stereocenters. The van der Waals surface area contributed by atoms with Gasteiger partial charge in [-0.1, -0.05) is 19.4 Å². The molecule has 3 N–H and O–H groups in total. The fourth-order valence-corrected chi connectivity index (χ4v) is 4.74. The molecule has 1 saturated carbocycles. The summed E-state index contributed by atoms with van der Waals surface area (Å²) in [6, 6.07) is 7.50. The van der Waals surface area contributed by atoms with Gasteiger partial charge in [0.05, 0.1) is 5.75 Å². The zero-order chi connectivity index (χ0) is 14.6. The molecule has 0 heterocycles. The molecule has 0 aliphatic heterocycles. The largest absolute Gasteiger partial charge is 0.399 e. The van der Waals surface area contributed by atoms with Gasteiger partial charge in [0.2, 0.25) is 10.0 Å². The number of sulfonamides is 1. The fraction of sp³-hybridized carbons (Fsp3) is 0.571. The Labute approximate surface area is 125 Å². The monoisotopic (exact) mass is 314 g/mol. The Morgan fingerprint density at radius 3 is 2.75 bits per heavy atom. The van der Waals surface area contributed by atoms with E-state index < -0.39 is 10.0 Å². The molecular weight excluding hydrogens is 292 g/mol. The quantitative estimate of drug-likeness (QED) is 0.599. The van der Waals surface area contributed by atoms with E-state index in [1.807, 2.05) is 24.3 Å². The molecule has 0 amide bonds. The molecule has 1 aliphatic rings. The van der Waals surface area contributed by atoms with Gasteiger partial charge in [0, 0.05) is 22.9 Å². The van der Waals surface area contributed by atoms with Crippen LogP contribution in [0.15, 0.2) is 29.2 Å². The molecule has 112 valence electrons. The summed E-state index contributed by atoms with van der Waals surface area (Å²) in [5.41, 5.74) is 6.57. The molecule has 0 bridgehead atoms. The van der Waals surface area contributed by atoms with Crippen molar-refractivity contribution in [2.24, 2.45) is 5.41 Å². The molecular formula is C14H22N2O2S2. The average molecular weight is 314 g/mol. The zero-order valence-electron chi connectivity index (χ0n) is 11.8. The minimum atomic E-state index is -3.17. The number of nitrogens with one attached hydrogen (secondary N) is 1. The minimum Gasteiger partial charge on any atom is -0.399 e. The van der Waals surface area contributed by atoms with Crippen LogP contribution in [-0.4, -0.2) is 26.5 Å². The third-order valence-electron chi connectivity index (χ3n) is 3.76. The maximum Gasteiger partial charge on any atom is 0.212 e. The normalized spacial score (nSPS) is 17.6. The molecule has 6 heteroatoms. The maximum absolute atomic E-state index is 11.9. The van der Waals surface area contributed by atoms with E-state index in [4.69, 9.17) is 5.73 Å². The third-order valence-corrected chi connectivity index (χ3v) is 6.34. The van der Waals surface area contributed by atoms with Crippen LogP contribution in [0.4, 0.5) is 5.69 Å². The van der Waals surface area contributed by atoms with E-state index in [0.717, 1.165) is 17.7 Å². The van der Waals surface area contributed by atoms with Crippen LogP contribution in [0.3, 0.4) is 0 Å². The van der Waals surface area contributed by atoms with Crippen molar-refractivity contribution in [1.29, 1.82) is 0 Å². The summed E-state index contributed by atoms with van der Waals surface area (Å²) in [6.07, 6.45) is 3.45. The topological polar surface area (TPSA) is 72.2 Å². The van der Waals surface area contributed by atoms with Crippen LogP contribution >= 0.6 is 11.8 Å². The first-order chi connectivity index (χ1) is 9.39. The Kier molecular flexibility index (Phi) is 4.99. The Hall–Kier alpha value is -0.720. The number of hydrogen-bond donors (Lipinski definition) is 2. The second-order valence-electron chi connectivity index (χ2n) is 5.73. The highest BCUT2D eigenvalue weighted by molar-refractivity contribution is 8.00. The van der Waals surface area contributed by atoms with Crippen LogP contribution < -0.4 is 10.5 Å². The summed E-state index contributed by atoms with van der Waals surface area (Å²) < 4.78 is 26.6. The van der Waals surface area contributed by atoms with E-state index in [1.165, 1.54) is 18.2 Å². The van der Waals surface area contributed by atoms with E-state index >= 15 is 0 Å². The number of rotatable bonds is 7. The van der Waals surface area contributed by atoms with Crippen LogP contribution in [-0.2, 0) is 10.0 Å². The van der Waals surface area contributed by atoms with Crippen LogP contribution in [0.2, 0.25) is 0 Å². The van der Waals surface area contributed by atoms with Gasteiger partial charge in [-0.05, 0) is 36.5 Å². The van der Waals surface area contributed by atoms with Crippen molar-refractivity contribution in [2.45, 2.75) is 31.1 Å². The molecule has 0 unspecified atom stereocenters. The molecule has 0 spiro atoms. The average Bonchev–Trinajstić information content (AvgIpc) is 2.34. The second kappa shape index (κ2) is 6.37. The summed E-state index contributed by atoms with van der Waals surface area (Å²) in [5, 5.41) is 0. The lowest BCUT2D eigenvalue weighted by atomic mass is 9.71. The molecule has 1 aromatic carbocycles. The van der Waals surface area contributed by atoms with Gasteiger partial charge in [-0.3, -0.25) is 0 Å². The van der Waals surface area contributed by atoms with Gasteiger partial charge >= 0.3 is 0 Å². The fourth-order valence-electron chi connectivity index (χ4n) is 2.19. The third kappa shape index (κ3) is 4.68. The molecule has 20 heavy (non-hydrogen) atoms. The van der Waals surface area contributed by atoms with Gasteiger partial charge in [0.15, 0.2) is 0 Å². The van der Waals surface area contributed by atoms with Crippen LogP contribution in [0.1, 0.15) is 26.2 Å². The molecule has 2 rings (SSSR count). The summed E-state index contributed by atoms with van der Waals surface area (Å²) in [4.78, 5) is 1.01. The van der Waals surface area contributed by atoms with Crippen molar-refractivity contribution in [3.8, 4) is 0 Å².